The normalized spacial score (nSPS) is 22.6. The molecule has 2 aliphatic heterocycles. The molecule has 1 atom stereocenters. The molecule has 0 bridgehead atoms. The zero-order valence-electron chi connectivity index (χ0n) is 17.7. The molecule has 1 saturated carbocycles. The molecule has 0 aromatic heterocycles. The van der Waals surface area contributed by atoms with Crippen LogP contribution in [0.4, 0.5) is 10.5 Å². The first-order valence-corrected chi connectivity index (χ1v) is 11.0. The van der Waals surface area contributed by atoms with Crippen molar-refractivity contribution < 1.29 is 14.3 Å². The van der Waals surface area contributed by atoms with Crippen molar-refractivity contribution in [3.05, 3.63) is 29.8 Å². The summed E-state index contributed by atoms with van der Waals surface area (Å²) in [5.41, 5.74) is 2.16. The molecule has 0 radical (unpaired) electrons. The van der Waals surface area contributed by atoms with E-state index in [1.807, 2.05) is 41.0 Å². The Morgan fingerprint density at radius 2 is 1.93 bits per heavy atom. The molecule has 2 saturated heterocycles. The molecule has 1 aliphatic carbocycles. The lowest BCUT2D eigenvalue weighted by molar-refractivity contribution is -0.119. The van der Waals surface area contributed by atoms with Crippen molar-refractivity contribution in [1.29, 1.82) is 0 Å². The van der Waals surface area contributed by atoms with Crippen LogP contribution in [0.3, 0.4) is 0 Å². The second-order valence-electron chi connectivity index (χ2n) is 9.04. The van der Waals surface area contributed by atoms with Crippen LogP contribution in [-0.4, -0.2) is 50.2 Å². The highest BCUT2D eigenvalue weighted by atomic mass is 16.5. The van der Waals surface area contributed by atoms with E-state index >= 15 is 0 Å². The molecule has 0 spiro atoms. The average molecular weight is 400 g/mol. The van der Waals surface area contributed by atoms with Gasteiger partial charge in [-0.15, -0.1) is 0 Å². The van der Waals surface area contributed by atoms with Crippen LogP contribution >= 0.6 is 0 Å². The fourth-order valence-electron chi connectivity index (χ4n) is 5.01. The van der Waals surface area contributed by atoms with Gasteiger partial charge < -0.3 is 19.9 Å². The Hall–Kier alpha value is -2.08. The number of rotatable bonds is 6. The van der Waals surface area contributed by atoms with E-state index in [9.17, 15) is 9.59 Å². The summed E-state index contributed by atoms with van der Waals surface area (Å²) in [5, 5.41) is 3.13. The van der Waals surface area contributed by atoms with Crippen LogP contribution in [0.15, 0.2) is 24.3 Å². The average Bonchev–Trinajstić information content (AvgIpc) is 2.64. The summed E-state index contributed by atoms with van der Waals surface area (Å²) >= 11 is 0. The highest BCUT2D eigenvalue weighted by Crippen LogP contribution is 2.48. The Morgan fingerprint density at radius 3 is 2.52 bits per heavy atom. The second kappa shape index (κ2) is 8.34. The Kier molecular flexibility index (Phi) is 5.81. The number of benzene rings is 1. The van der Waals surface area contributed by atoms with Gasteiger partial charge in [-0.2, -0.15) is 0 Å². The van der Waals surface area contributed by atoms with E-state index in [-0.39, 0.29) is 23.4 Å². The van der Waals surface area contributed by atoms with Gasteiger partial charge >= 0.3 is 6.03 Å². The number of hydrogen-bond acceptors (Lipinski definition) is 3. The molecule has 29 heavy (non-hydrogen) atoms. The number of likely N-dealkylation sites (tertiary alicyclic amines) is 1. The number of methoxy groups -OCH3 is 1. The number of carbonyl (C=O) groups excluding carboxylic acids is 2. The molecule has 3 aliphatic rings. The highest BCUT2D eigenvalue weighted by molar-refractivity contribution is 5.93. The van der Waals surface area contributed by atoms with Crippen LogP contribution in [-0.2, 0) is 9.53 Å². The first-order chi connectivity index (χ1) is 14.0. The summed E-state index contributed by atoms with van der Waals surface area (Å²) in [6, 6.07) is 7.94. The van der Waals surface area contributed by atoms with Gasteiger partial charge in [-0.05, 0) is 56.2 Å². The Balaban J connectivity index is 1.31. The van der Waals surface area contributed by atoms with Gasteiger partial charge in [0.05, 0.1) is 12.6 Å². The van der Waals surface area contributed by atoms with E-state index in [1.165, 1.54) is 19.3 Å². The fourth-order valence-corrected chi connectivity index (χ4v) is 5.01. The number of hydrogen-bond donors (Lipinski definition) is 1. The molecular weight excluding hydrogens is 366 g/mol. The van der Waals surface area contributed by atoms with E-state index in [1.54, 1.807) is 7.11 Å². The minimum absolute atomic E-state index is 0.00108. The van der Waals surface area contributed by atoms with Gasteiger partial charge in [-0.3, -0.25) is 4.79 Å². The van der Waals surface area contributed by atoms with Crippen LogP contribution < -0.4 is 10.2 Å². The highest BCUT2D eigenvalue weighted by Gasteiger charge is 2.52. The van der Waals surface area contributed by atoms with Gasteiger partial charge in [0.15, 0.2) is 0 Å². The number of urea groups is 1. The quantitative estimate of drug-likeness (QED) is 0.793. The third-order valence-corrected chi connectivity index (χ3v) is 7.07. The van der Waals surface area contributed by atoms with Crippen LogP contribution in [0.5, 0.6) is 0 Å². The Labute approximate surface area is 173 Å². The molecule has 2 heterocycles. The molecule has 158 valence electrons. The minimum atomic E-state index is -0.0743. The number of carbonyl (C=O) groups is 2. The van der Waals surface area contributed by atoms with E-state index in [2.05, 4.69) is 5.32 Å². The number of ether oxygens (including phenoxy) is 1. The van der Waals surface area contributed by atoms with Crippen LogP contribution in [0.1, 0.15) is 57.1 Å². The lowest BCUT2D eigenvalue weighted by Crippen LogP contribution is -2.66. The van der Waals surface area contributed by atoms with Gasteiger partial charge in [-0.25, -0.2) is 4.79 Å². The number of amides is 3. The van der Waals surface area contributed by atoms with Crippen molar-refractivity contribution in [1.82, 2.24) is 10.2 Å². The third kappa shape index (κ3) is 4.00. The molecule has 3 fully saturated rings. The van der Waals surface area contributed by atoms with E-state index in [0.717, 1.165) is 50.3 Å². The van der Waals surface area contributed by atoms with Gasteiger partial charge in [0.25, 0.3) is 0 Å². The summed E-state index contributed by atoms with van der Waals surface area (Å²) in [4.78, 5) is 28.6. The van der Waals surface area contributed by atoms with Crippen molar-refractivity contribution in [2.75, 3.05) is 38.3 Å². The van der Waals surface area contributed by atoms with E-state index < -0.39 is 0 Å². The molecule has 1 unspecified atom stereocenters. The summed E-state index contributed by atoms with van der Waals surface area (Å²) in [5.74, 6) is 0.906. The van der Waals surface area contributed by atoms with Gasteiger partial charge in [0, 0.05) is 44.3 Å². The van der Waals surface area contributed by atoms with Gasteiger partial charge in [-0.1, -0.05) is 18.6 Å². The van der Waals surface area contributed by atoms with Crippen LogP contribution in [0, 0.1) is 11.3 Å². The van der Waals surface area contributed by atoms with Crippen molar-refractivity contribution in [2.24, 2.45) is 11.3 Å². The molecule has 3 amide bonds. The third-order valence-electron chi connectivity index (χ3n) is 7.07. The smallest absolute Gasteiger partial charge is 0.317 e. The first kappa shape index (κ1) is 20.2. The first-order valence-electron chi connectivity index (χ1n) is 11.0. The molecular formula is C23H33N3O3. The number of anilines is 1. The van der Waals surface area contributed by atoms with E-state index in [4.69, 9.17) is 4.74 Å². The molecule has 4 rings (SSSR count). The predicted octanol–water partition coefficient (Wildman–Crippen LogP) is 3.72. The van der Waals surface area contributed by atoms with Gasteiger partial charge in [0.1, 0.15) is 0 Å². The molecule has 6 heteroatoms. The second-order valence-corrected chi connectivity index (χ2v) is 9.04. The van der Waals surface area contributed by atoms with Crippen molar-refractivity contribution in [3.8, 4) is 0 Å². The molecule has 1 N–H and O–H groups in total. The zero-order chi connectivity index (χ0) is 20.4. The number of piperidine rings is 1. The topological polar surface area (TPSA) is 61.9 Å². The molecule has 6 nitrogen and oxygen atoms in total. The minimum Gasteiger partial charge on any atom is -0.384 e. The van der Waals surface area contributed by atoms with Crippen LogP contribution in [0.2, 0.25) is 0 Å². The van der Waals surface area contributed by atoms with E-state index in [0.29, 0.717) is 12.3 Å². The maximum Gasteiger partial charge on any atom is 0.317 e. The molecule has 1 aromatic rings. The van der Waals surface area contributed by atoms with Crippen LogP contribution in [0.25, 0.3) is 0 Å². The lowest BCUT2D eigenvalue weighted by Gasteiger charge is -2.56. The Morgan fingerprint density at radius 1 is 1.21 bits per heavy atom. The Bertz CT molecular complexity index is 738. The van der Waals surface area contributed by atoms with Crippen molar-refractivity contribution in [3.63, 3.8) is 0 Å². The SMILES string of the molecule is COCC1(C2CCC2)CN(C(=O)NC(C)c2ccc(N3CCCCC3=O)cc2)C1. The summed E-state index contributed by atoms with van der Waals surface area (Å²) in [6.45, 7) is 5.13. The standard InChI is InChI=1S/C23H33N3O3/c1-17(18-9-11-20(12-10-18)26-13-4-3-8-21(26)27)24-22(28)25-14-23(15-25,16-29-2)19-6-5-7-19/h9-12,17,19H,3-8,13-16H2,1-2H3,(H,24,28). The summed E-state index contributed by atoms with van der Waals surface area (Å²) in [7, 11) is 1.76. The lowest BCUT2D eigenvalue weighted by atomic mass is 9.61. The summed E-state index contributed by atoms with van der Waals surface area (Å²) < 4.78 is 5.47. The predicted molar refractivity (Wildman–Crippen MR) is 113 cm³/mol. The molecule has 1 aromatic carbocycles. The van der Waals surface area contributed by atoms with Crippen molar-refractivity contribution >= 4 is 17.6 Å². The monoisotopic (exact) mass is 399 g/mol. The van der Waals surface area contributed by atoms with Gasteiger partial charge in [0.2, 0.25) is 5.91 Å². The summed E-state index contributed by atoms with van der Waals surface area (Å²) in [6.07, 6.45) is 6.51. The maximum atomic E-state index is 12.7. The zero-order valence-corrected chi connectivity index (χ0v) is 17.7. The largest absolute Gasteiger partial charge is 0.384 e. The fraction of sp³-hybridized carbons (Fsp3) is 0.652. The van der Waals surface area contributed by atoms with Crippen molar-refractivity contribution in [2.45, 2.75) is 51.5 Å². The maximum absolute atomic E-state index is 12.7. The number of nitrogens with zero attached hydrogens (tertiary/aromatic N) is 2. The number of nitrogens with one attached hydrogen (secondary N) is 1.